The highest BCUT2D eigenvalue weighted by Gasteiger charge is 2.14. The highest BCUT2D eigenvalue weighted by molar-refractivity contribution is 7.14. The molecule has 0 aliphatic carbocycles. The number of anilines is 1. The highest BCUT2D eigenvalue weighted by Crippen LogP contribution is 2.26. The first-order valence-electron chi connectivity index (χ1n) is 9.47. The number of thiazole rings is 1. The van der Waals surface area contributed by atoms with Crippen LogP contribution in [0, 0.1) is 6.92 Å². The Bertz CT molecular complexity index is 1190. The van der Waals surface area contributed by atoms with Crippen molar-refractivity contribution in [2.45, 2.75) is 26.8 Å². The van der Waals surface area contributed by atoms with Crippen molar-refractivity contribution in [2.75, 3.05) is 5.32 Å². The van der Waals surface area contributed by atoms with E-state index in [9.17, 15) is 9.59 Å². The zero-order chi connectivity index (χ0) is 20.4. The Morgan fingerprint density at radius 3 is 2.72 bits per heavy atom. The molecule has 0 fully saturated rings. The second-order valence-electron chi connectivity index (χ2n) is 6.95. The summed E-state index contributed by atoms with van der Waals surface area (Å²) in [4.78, 5) is 28.6. The van der Waals surface area contributed by atoms with Gasteiger partial charge in [-0.3, -0.25) is 9.59 Å². The maximum absolute atomic E-state index is 12.7. The summed E-state index contributed by atoms with van der Waals surface area (Å²) in [5.74, 6) is -0.171. The first-order chi connectivity index (χ1) is 14.1. The molecule has 1 amide bonds. The van der Waals surface area contributed by atoms with E-state index in [1.165, 1.54) is 16.9 Å². The second-order valence-corrected chi connectivity index (χ2v) is 7.81. The van der Waals surface area contributed by atoms with E-state index < -0.39 is 0 Å². The third-order valence-electron chi connectivity index (χ3n) is 4.93. The van der Waals surface area contributed by atoms with Gasteiger partial charge in [0.15, 0.2) is 11.4 Å². The monoisotopic (exact) mass is 403 g/mol. The molecule has 0 atom stereocenters. The first kappa shape index (κ1) is 19.1. The molecule has 4 aromatic rings. The van der Waals surface area contributed by atoms with Gasteiger partial charge in [-0.2, -0.15) is 0 Å². The second kappa shape index (κ2) is 8.01. The zero-order valence-corrected chi connectivity index (χ0v) is 17.1. The third kappa shape index (κ3) is 3.84. The van der Waals surface area contributed by atoms with E-state index in [0.29, 0.717) is 10.7 Å². The van der Waals surface area contributed by atoms with Crippen LogP contribution in [0.25, 0.3) is 22.2 Å². The van der Waals surface area contributed by atoms with E-state index in [1.54, 1.807) is 6.20 Å². The number of fused-ring (bicyclic) bond motifs is 1. The molecule has 6 heteroatoms. The van der Waals surface area contributed by atoms with Crippen molar-refractivity contribution in [1.82, 2.24) is 9.55 Å². The van der Waals surface area contributed by atoms with Crippen LogP contribution < -0.4 is 5.32 Å². The number of aryl methyl sites for hydroxylation is 2. The molecular formula is C23H21N3O2S. The van der Waals surface area contributed by atoms with Crippen LogP contribution in [0.15, 0.2) is 54.0 Å². The van der Waals surface area contributed by atoms with E-state index in [4.69, 9.17) is 0 Å². The van der Waals surface area contributed by atoms with Gasteiger partial charge in [-0.15, -0.1) is 11.3 Å². The molecule has 0 aliphatic heterocycles. The molecule has 0 saturated carbocycles. The van der Waals surface area contributed by atoms with Crippen molar-refractivity contribution in [2.24, 2.45) is 0 Å². The van der Waals surface area contributed by atoms with E-state index in [0.717, 1.165) is 40.4 Å². The van der Waals surface area contributed by atoms with Gasteiger partial charge < -0.3 is 9.88 Å². The van der Waals surface area contributed by atoms with Crippen LogP contribution in [0.1, 0.15) is 28.4 Å². The van der Waals surface area contributed by atoms with Crippen LogP contribution >= 0.6 is 11.3 Å². The smallest absolute Gasteiger partial charge is 0.246 e. The van der Waals surface area contributed by atoms with Crippen molar-refractivity contribution < 1.29 is 9.59 Å². The molecule has 0 aliphatic rings. The molecule has 2 heterocycles. The Balaban J connectivity index is 1.55. The molecule has 0 radical (unpaired) electrons. The van der Waals surface area contributed by atoms with Gasteiger partial charge in [-0.1, -0.05) is 55.0 Å². The maximum atomic E-state index is 12.7. The summed E-state index contributed by atoms with van der Waals surface area (Å²) in [5.41, 5.74) is 5.70. The fourth-order valence-corrected chi connectivity index (χ4v) is 4.21. The SMILES string of the molecule is CCc1cccc2c(C=O)cn(CC(=O)Nc3nc(-c4ccc(C)cc4)cs3)c12. The topological polar surface area (TPSA) is 64.0 Å². The molecule has 0 unspecified atom stereocenters. The number of nitrogens with one attached hydrogen (secondary N) is 1. The van der Waals surface area contributed by atoms with Crippen molar-refractivity contribution in [1.29, 1.82) is 0 Å². The van der Waals surface area contributed by atoms with Gasteiger partial charge in [-0.05, 0) is 18.9 Å². The number of aromatic nitrogens is 2. The van der Waals surface area contributed by atoms with Crippen molar-refractivity contribution >= 4 is 39.6 Å². The molecule has 0 saturated heterocycles. The summed E-state index contributed by atoms with van der Waals surface area (Å²) in [6, 6.07) is 14.0. The highest BCUT2D eigenvalue weighted by atomic mass is 32.1. The number of hydrogen-bond donors (Lipinski definition) is 1. The van der Waals surface area contributed by atoms with Crippen LogP contribution in [0.5, 0.6) is 0 Å². The summed E-state index contributed by atoms with van der Waals surface area (Å²) in [5, 5.41) is 6.26. The molecule has 2 aromatic carbocycles. The molecule has 0 spiro atoms. The van der Waals surface area contributed by atoms with E-state index in [-0.39, 0.29) is 12.5 Å². The number of hydrogen-bond acceptors (Lipinski definition) is 4. The van der Waals surface area contributed by atoms with Gasteiger partial charge in [0, 0.05) is 28.1 Å². The van der Waals surface area contributed by atoms with E-state index >= 15 is 0 Å². The molecule has 29 heavy (non-hydrogen) atoms. The number of amides is 1. The Labute approximate surface area is 173 Å². The average Bonchev–Trinajstić information content (AvgIpc) is 3.33. The summed E-state index contributed by atoms with van der Waals surface area (Å²) < 4.78 is 1.85. The predicted octanol–water partition coefficient (Wildman–Crippen LogP) is 5.09. The zero-order valence-electron chi connectivity index (χ0n) is 16.3. The van der Waals surface area contributed by atoms with Crippen LogP contribution in [-0.4, -0.2) is 21.7 Å². The first-order valence-corrected chi connectivity index (χ1v) is 10.4. The quantitative estimate of drug-likeness (QED) is 0.456. The summed E-state index contributed by atoms with van der Waals surface area (Å²) >= 11 is 1.40. The lowest BCUT2D eigenvalue weighted by molar-refractivity contribution is -0.116. The number of carbonyl (C=O) groups is 2. The Morgan fingerprint density at radius 1 is 1.21 bits per heavy atom. The lowest BCUT2D eigenvalue weighted by Crippen LogP contribution is -2.18. The van der Waals surface area contributed by atoms with Gasteiger partial charge >= 0.3 is 0 Å². The minimum atomic E-state index is -0.171. The van der Waals surface area contributed by atoms with Crippen LogP contribution in [0.3, 0.4) is 0 Å². The number of carbonyl (C=O) groups excluding carboxylic acids is 2. The molecule has 2 aromatic heterocycles. The van der Waals surface area contributed by atoms with Crippen molar-refractivity contribution in [3.63, 3.8) is 0 Å². The van der Waals surface area contributed by atoms with Crippen LogP contribution in [-0.2, 0) is 17.8 Å². The average molecular weight is 404 g/mol. The third-order valence-corrected chi connectivity index (χ3v) is 5.69. The number of para-hydroxylation sites is 1. The molecular weight excluding hydrogens is 382 g/mol. The van der Waals surface area contributed by atoms with Gasteiger partial charge in [0.1, 0.15) is 6.54 Å². The van der Waals surface area contributed by atoms with E-state index in [1.807, 2.05) is 59.3 Å². The van der Waals surface area contributed by atoms with Crippen LogP contribution in [0.4, 0.5) is 5.13 Å². The minimum absolute atomic E-state index is 0.126. The molecule has 4 rings (SSSR count). The lowest BCUT2D eigenvalue weighted by Gasteiger charge is -2.08. The Kier molecular flexibility index (Phi) is 5.27. The summed E-state index contributed by atoms with van der Waals surface area (Å²) in [6.45, 7) is 4.23. The van der Waals surface area contributed by atoms with Crippen molar-refractivity contribution in [3.8, 4) is 11.3 Å². The van der Waals surface area contributed by atoms with Crippen LogP contribution in [0.2, 0.25) is 0 Å². The number of nitrogens with zero attached hydrogens (tertiary/aromatic N) is 2. The Hall–Kier alpha value is -3.25. The predicted molar refractivity (Wildman–Crippen MR) is 118 cm³/mol. The van der Waals surface area contributed by atoms with Gasteiger partial charge in [-0.25, -0.2) is 4.98 Å². The van der Waals surface area contributed by atoms with Gasteiger partial charge in [0.05, 0.1) is 11.2 Å². The molecule has 0 bridgehead atoms. The minimum Gasteiger partial charge on any atom is -0.337 e. The lowest BCUT2D eigenvalue weighted by atomic mass is 10.1. The number of rotatable bonds is 6. The van der Waals surface area contributed by atoms with Gasteiger partial charge in [0.25, 0.3) is 0 Å². The van der Waals surface area contributed by atoms with Crippen molar-refractivity contribution in [3.05, 3.63) is 70.7 Å². The molecule has 146 valence electrons. The number of aldehydes is 1. The van der Waals surface area contributed by atoms with Gasteiger partial charge in [0.2, 0.25) is 5.91 Å². The normalized spacial score (nSPS) is 11.0. The fraction of sp³-hybridized carbons (Fsp3) is 0.174. The number of benzene rings is 2. The Morgan fingerprint density at radius 2 is 2.00 bits per heavy atom. The molecule has 1 N–H and O–H groups in total. The molecule has 5 nitrogen and oxygen atoms in total. The maximum Gasteiger partial charge on any atom is 0.246 e. The van der Waals surface area contributed by atoms with E-state index in [2.05, 4.69) is 17.2 Å². The summed E-state index contributed by atoms with van der Waals surface area (Å²) in [7, 11) is 0. The summed E-state index contributed by atoms with van der Waals surface area (Å²) in [6.07, 6.45) is 3.41. The largest absolute Gasteiger partial charge is 0.337 e. The fourth-order valence-electron chi connectivity index (χ4n) is 3.47. The standard InChI is InChI=1S/C23H21N3O2S/c1-3-16-5-4-6-19-18(13-27)11-26(22(16)19)12-21(28)25-23-24-20(14-29-23)17-9-7-15(2)8-10-17/h4-11,13-14H,3,12H2,1-2H3,(H,24,25,28).